The molecule has 0 saturated carbocycles. The van der Waals surface area contributed by atoms with Crippen LogP contribution in [0.5, 0.6) is 11.5 Å². The maximum absolute atomic E-state index is 11.1. The summed E-state index contributed by atoms with van der Waals surface area (Å²) in [6.07, 6.45) is 2.56. The van der Waals surface area contributed by atoms with Crippen LogP contribution in [0.1, 0.15) is 24.0 Å². The molecule has 4 rings (SSSR count). The van der Waals surface area contributed by atoms with Crippen molar-refractivity contribution in [3.05, 3.63) is 98.1 Å². The summed E-state index contributed by atoms with van der Waals surface area (Å²) in [6.45, 7) is 2.17. The number of phenols is 2. The predicted octanol–water partition coefficient (Wildman–Crippen LogP) is 4.92. The Bertz CT molecular complexity index is 1060. The minimum atomic E-state index is -0.553. The van der Waals surface area contributed by atoms with E-state index in [9.17, 15) is 30.4 Å². The van der Waals surface area contributed by atoms with Crippen molar-refractivity contribution in [3.63, 3.8) is 0 Å². The molecule has 0 unspecified atom stereocenters. The van der Waals surface area contributed by atoms with E-state index in [4.69, 9.17) is 4.74 Å². The van der Waals surface area contributed by atoms with Crippen LogP contribution in [0.2, 0.25) is 0 Å². The van der Waals surface area contributed by atoms with Crippen molar-refractivity contribution in [3.8, 4) is 11.5 Å². The van der Waals surface area contributed by atoms with E-state index in [1.165, 1.54) is 49.2 Å². The molecular weight excluding hydrogens is 442 g/mol. The first-order valence-corrected chi connectivity index (χ1v) is 10.7. The van der Waals surface area contributed by atoms with Crippen LogP contribution >= 0.6 is 0 Å². The lowest BCUT2D eigenvalue weighted by Crippen LogP contribution is -2.22. The van der Waals surface area contributed by atoms with Crippen molar-refractivity contribution in [1.82, 2.24) is 0 Å². The van der Waals surface area contributed by atoms with E-state index < -0.39 is 9.85 Å². The van der Waals surface area contributed by atoms with Crippen molar-refractivity contribution in [1.29, 1.82) is 0 Å². The fourth-order valence-electron chi connectivity index (χ4n) is 3.42. The molecule has 1 aliphatic rings. The van der Waals surface area contributed by atoms with E-state index in [1.807, 2.05) is 6.07 Å². The van der Waals surface area contributed by atoms with Gasteiger partial charge >= 0.3 is 0 Å². The highest BCUT2D eigenvalue weighted by Gasteiger charge is 2.18. The maximum atomic E-state index is 11.1. The molecule has 10 heteroatoms. The van der Waals surface area contributed by atoms with Crippen LogP contribution in [0, 0.1) is 20.2 Å². The van der Waals surface area contributed by atoms with Crippen LogP contribution in [-0.4, -0.2) is 33.3 Å². The standard InChI is InChI=1S/C20H17N3O6.C4H8O/c24-19-8-6-17(22(26)27)10-14(19)12-21(16-4-2-1-3-5-16)13-15-11-18(23(28)29)7-9-20(15)25;1-2-4-5-3-1/h1-11,24-25H,12-13H2;1-4H2. The van der Waals surface area contributed by atoms with E-state index in [0.29, 0.717) is 16.8 Å². The van der Waals surface area contributed by atoms with Gasteiger partial charge in [-0.1, -0.05) is 18.2 Å². The third-order valence-corrected chi connectivity index (χ3v) is 5.22. The molecule has 34 heavy (non-hydrogen) atoms. The Morgan fingerprint density at radius 2 is 1.24 bits per heavy atom. The van der Waals surface area contributed by atoms with Crippen LogP contribution in [0.25, 0.3) is 0 Å². The first kappa shape index (κ1) is 24.5. The largest absolute Gasteiger partial charge is 0.508 e. The molecule has 0 aromatic heterocycles. The Morgan fingerprint density at radius 3 is 1.62 bits per heavy atom. The zero-order valence-electron chi connectivity index (χ0n) is 18.4. The molecule has 1 saturated heterocycles. The SMILES string of the molecule is C1CCOC1.O=[N+]([O-])c1ccc(O)c(CN(Cc2cc([N+](=O)[O-])ccc2O)c2ccccc2)c1. The summed E-state index contributed by atoms with van der Waals surface area (Å²) in [5, 5.41) is 42.5. The first-order valence-electron chi connectivity index (χ1n) is 10.7. The highest BCUT2D eigenvalue weighted by atomic mass is 16.6. The normalized spacial score (nSPS) is 12.5. The molecule has 0 radical (unpaired) electrons. The predicted molar refractivity (Wildman–Crippen MR) is 126 cm³/mol. The van der Waals surface area contributed by atoms with Crippen molar-refractivity contribution >= 4 is 17.1 Å². The number of non-ortho nitro benzene ring substituents is 2. The molecule has 0 aliphatic carbocycles. The lowest BCUT2D eigenvalue weighted by atomic mass is 10.1. The Hall–Kier alpha value is -4.18. The third kappa shape index (κ3) is 6.66. The number of phenolic OH excluding ortho intramolecular Hbond substituents is 2. The third-order valence-electron chi connectivity index (χ3n) is 5.22. The molecule has 0 spiro atoms. The highest BCUT2D eigenvalue weighted by molar-refractivity contribution is 5.52. The molecular formula is C24H25N3O7. The summed E-state index contributed by atoms with van der Waals surface area (Å²) in [5.41, 5.74) is 1.01. The number of nitrogens with zero attached hydrogens (tertiary/aromatic N) is 3. The van der Waals surface area contributed by atoms with Gasteiger partial charge in [-0.3, -0.25) is 20.2 Å². The molecule has 0 atom stereocenters. The Kier molecular flexibility index (Phi) is 8.36. The topological polar surface area (TPSA) is 139 Å². The monoisotopic (exact) mass is 467 g/mol. The van der Waals surface area contributed by atoms with Gasteiger partial charge in [0.05, 0.1) is 9.85 Å². The second-order valence-corrected chi connectivity index (χ2v) is 7.65. The summed E-state index contributed by atoms with van der Waals surface area (Å²) in [6, 6.07) is 16.5. The fraction of sp³-hybridized carbons (Fsp3) is 0.250. The fourth-order valence-corrected chi connectivity index (χ4v) is 3.42. The Balaban J connectivity index is 0.000000574. The van der Waals surface area contributed by atoms with Crippen molar-refractivity contribution in [2.45, 2.75) is 25.9 Å². The molecule has 3 aromatic carbocycles. The summed E-state index contributed by atoms with van der Waals surface area (Å²) in [4.78, 5) is 22.8. The van der Waals surface area contributed by atoms with Gasteiger partial charge in [-0.05, 0) is 37.1 Å². The van der Waals surface area contributed by atoms with E-state index in [0.717, 1.165) is 13.2 Å². The van der Waals surface area contributed by atoms with Gasteiger partial charge in [-0.25, -0.2) is 0 Å². The molecule has 2 N–H and O–H groups in total. The molecule has 1 heterocycles. The van der Waals surface area contributed by atoms with Crippen LogP contribution < -0.4 is 4.90 Å². The van der Waals surface area contributed by atoms with Gasteiger partial charge in [0.15, 0.2) is 0 Å². The van der Waals surface area contributed by atoms with Crippen LogP contribution in [0.3, 0.4) is 0 Å². The summed E-state index contributed by atoms with van der Waals surface area (Å²) in [7, 11) is 0. The second-order valence-electron chi connectivity index (χ2n) is 7.65. The van der Waals surface area contributed by atoms with Gasteiger partial charge in [0.1, 0.15) is 11.5 Å². The number of anilines is 1. The lowest BCUT2D eigenvalue weighted by molar-refractivity contribution is -0.385. The number of aromatic hydroxyl groups is 2. The zero-order chi connectivity index (χ0) is 24.5. The smallest absolute Gasteiger partial charge is 0.270 e. The molecule has 0 bridgehead atoms. The molecule has 10 nitrogen and oxygen atoms in total. The lowest BCUT2D eigenvalue weighted by Gasteiger charge is -2.25. The number of nitro benzene ring substituents is 2. The van der Waals surface area contributed by atoms with Crippen molar-refractivity contribution in [2.24, 2.45) is 0 Å². The molecule has 178 valence electrons. The minimum Gasteiger partial charge on any atom is -0.508 e. The summed E-state index contributed by atoms with van der Waals surface area (Å²) >= 11 is 0. The average Bonchev–Trinajstić information content (AvgIpc) is 3.42. The van der Waals surface area contributed by atoms with Crippen molar-refractivity contribution < 1.29 is 24.8 Å². The Labute approximate surface area is 196 Å². The minimum absolute atomic E-state index is 0.0830. The first-order chi connectivity index (χ1) is 16.3. The van der Waals surface area contributed by atoms with Gasteiger partial charge in [-0.2, -0.15) is 0 Å². The summed E-state index contributed by atoms with van der Waals surface area (Å²) in [5.74, 6) is -0.223. The number of nitro groups is 2. The van der Waals surface area contributed by atoms with E-state index in [1.54, 1.807) is 29.2 Å². The average molecular weight is 467 g/mol. The van der Waals surface area contributed by atoms with E-state index >= 15 is 0 Å². The molecule has 0 amide bonds. The highest BCUT2D eigenvalue weighted by Crippen LogP contribution is 2.30. The van der Waals surface area contributed by atoms with Crippen LogP contribution in [0.15, 0.2) is 66.7 Å². The van der Waals surface area contributed by atoms with Gasteiger partial charge in [0, 0.05) is 67.4 Å². The molecule has 1 aliphatic heterocycles. The van der Waals surface area contributed by atoms with Crippen LogP contribution in [-0.2, 0) is 17.8 Å². The Morgan fingerprint density at radius 1 is 0.765 bits per heavy atom. The zero-order valence-corrected chi connectivity index (χ0v) is 18.4. The van der Waals surface area contributed by atoms with Crippen molar-refractivity contribution in [2.75, 3.05) is 18.1 Å². The molecule has 3 aromatic rings. The van der Waals surface area contributed by atoms with Gasteiger partial charge in [0.2, 0.25) is 0 Å². The van der Waals surface area contributed by atoms with Gasteiger partial charge < -0.3 is 19.8 Å². The maximum Gasteiger partial charge on any atom is 0.270 e. The molecule has 1 fully saturated rings. The van der Waals surface area contributed by atoms with Gasteiger partial charge in [-0.15, -0.1) is 0 Å². The number of rotatable bonds is 7. The number of hydrogen-bond acceptors (Lipinski definition) is 8. The van der Waals surface area contributed by atoms with E-state index in [2.05, 4.69) is 0 Å². The van der Waals surface area contributed by atoms with Crippen LogP contribution in [0.4, 0.5) is 17.1 Å². The second kappa shape index (κ2) is 11.6. The number of hydrogen-bond donors (Lipinski definition) is 2. The number of ether oxygens (including phenoxy) is 1. The van der Waals surface area contributed by atoms with Gasteiger partial charge in [0.25, 0.3) is 11.4 Å². The quantitative estimate of drug-likeness (QED) is 0.369. The summed E-state index contributed by atoms with van der Waals surface area (Å²) < 4.78 is 4.94. The number of benzene rings is 3. The number of para-hydroxylation sites is 1. The van der Waals surface area contributed by atoms with E-state index in [-0.39, 0.29) is 36.0 Å².